The van der Waals surface area contributed by atoms with Gasteiger partial charge in [-0.25, -0.2) is 0 Å². The number of nitrogens with two attached hydrogens (primary N) is 1. The van der Waals surface area contributed by atoms with Gasteiger partial charge in [-0.15, -0.1) is 0 Å². The van der Waals surface area contributed by atoms with E-state index in [2.05, 4.69) is 19.9 Å². The van der Waals surface area contributed by atoms with Crippen LogP contribution in [0.15, 0.2) is 12.1 Å². The fourth-order valence-corrected chi connectivity index (χ4v) is 3.19. The number of thioether (sulfide) groups is 1. The molecule has 0 amide bonds. The van der Waals surface area contributed by atoms with Crippen molar-refractivity contribution in [1.82, 2.24) is 0 Å². The van der Waals surface area contributed by atoms with Crippen molar-refractivity contribution in [2.24, 2.45) is 5.73 Å². The van der Waals surface area contributed by atoms with Crippen molar-refractivity contribution in [3.63, 3.8) is 0 Å². The van der Waals surface area contributed by atoms with Gasteiger partial charge in [0, 0.05) is 22.6 Å². The van der Waals surface area contributed by atoms with E-state index < -0.39 is 0 Å². The quantitative estimate of drug-likeness (QED) is 0.795. The number of benzene rings is 1. The van der Waals surface area contributed by atoms with Gasteiger partial charge in [0.05, 0.1) is 7.11 Å². The van der Waals surface area contributed by atoms with Gasteiger partial charge in [-0.3, -0.25) is 0 Å². The molecule has 15 heavy (non-hydrogen) atoms. The van der Waals surface area contributed by atoms with E-state index in [0.717, 1.165) is 11.5 Å². The summed E-state index contributed by atoms with van der Waals surface area (Å²) in [5.74, 6) is 1.99. The molecule has 0 radical (unpaired) electrons. The molecule has 0 saturated heterocycles. The Kier molecular flexibility index (Phi) is 2.94. The number of ether oxygens (including phenoxy) is 1. The molecule has 0 spiro atoms. The van der Waals surface area contributed by atoms with Crippen molar-refractivity contribution in [3.05, 3.63) is 28.8 Å². The Labute approximate surface area is 95.2 Å². The third kappa shape index (κ3) is 1.74. The molecule has 2 nitrogen and oxygen atoms in total. The standard InChI is InChI=1S/C12H17NOS/c1-7-4-5-10(14-3)9-6-15-8(2)12(13)11(7)9/h4-5,8,12H,6,13H2,1-3H3. The molecule has 1 aromatic rings. The van der Waals surface area contributed by atoms with Crippen LogP contribution in [0.5, 0.6) is 5.75 Å². The van der Waals surface area contributed by atoms with Crippen LogP contribution in [0.2, 0.25) is 0 Å². The molecule has 2 atom stereocenters. The Bertz CT molecular complexity index is 378. The molecule has 3 heteroatoms. The summed E-state index contributed by atoms with van der Waals surface area (Å²) in [5.41, 5.74) is 10.1. The van der Waals surface area contributed by atoms with Crippen LogP contribution in [0.3, 0.4) is 0 Å². The molecule has 2 N–H and O–H groups in total. The third-order valence-electron chi connectivity index (χ3n) is 3.08. The Morgan fingerprint density at radius 2 is 2.20 bits per heavy atom. The lowest BCUT2D eigenvalue weighted by Crippen LogP contribution is -2.27. The first-order chi connectivity index (χ1) is 7.15. The Hall–Kier alpha value is -0.670. The number of hydrogen-bond acceptors (Lipinski definition) is 3. The second kappa shape index (κ2) is 4.06. The summed E-state index contributed by atoms with van der Waals surface area (Å²) in [6.45, 7) is 4.32. The first kappa shape index (κ1) is 10.8. The summed E-state index contributed by atoms with van der Waals surface area (Å²) >= 11 is 1.90. The van der Waals surface area contributed by atoms with Crippen LogP contribution >= 0.6 is 11.8 Å². The van der Waals surface area contributed by atoms with Crippen LogP contribution in [0.4, 0.5) is 0 Å². The Balaban J connectivity index is 2.56. The summed E-state index contributed by atoms with van der Waals surface area (Å²) in [6, 6.07) is 4.27. The number of fused-ring (bicyclic) bond motifs is 1. The zero-order valence-corrected chi connectivity index (χ0v) is 10.2. The van der Waals surface area contributed by atoms with Crippen LogP contribution in [0.25, 0.3) is 0 Å². The highest BCUT2D eigenvalue weighted by atomic mass is 32.2. The van der Waals surface area contributed by atoms with Gasteiger partial charge < -0.3 is 10.5 Å². The molecule has 0 bridgehead atoms. The largest absolute Gasteiger partial charge is 0.496 e. The van der Waals surface area contributed by atoms with Crippen molar-refractivity contribution in [2.75, 3.05) is 7.11 Å². The van der Waals surface area contributed by atoms with E-state index in [4.69, 9.17) is 10.5 Å². The number of methoxy groups -OCH3 is 1. The topological polar surface area (TPSA) is 35.2 Å². The fourth-order valence-electron chi connectivity index (χ4n) is 2.12. The second-order valence-corrected chi connectivity index (χ2v) is 5.38. The van der Waals surface area contributed by atoms with Crippen LogP contribution in [0.1, 0.15) is 29.7 Å². The first-order valence-corrected chi connectivity index (χ1v) is 6.23. The van der Waals surface area contributed by atoms with E-state index in [9.17, 15) is 0 Å². The van der Waals surface area contributed by atoms with Gasteiger partial charge in [0.15, 0.2) is 0 Å². The molecular weight excluding hydrogens is 206 g/mol. The van der Waals surface area contributed by atoms with Crippen LogP contribution in [0, 0.1) is 6.92 Å². The van der Waals surface area contributed by atoms with E-state index >= 15 is 0 Å². The van der Waals surface area contributed by atoms with E-state index in [-0.39, 0.29) is 6.04 Å². The Morgan fingerprint density at radius 1 is 1.47 bits per heavy atom. The first-order valence-electron chi connectivity index (χ1n) is 5.18. The number of hydrogen-bond donors (Lipinski definition) is 1. The average molecular weight is 223 g/mol. The van der Waals surface area contributed by atoms with Gasteiger partial charge in [-0.1, -0.05) is 13.0 Å². The number of aryl methyl sites for hydroxylation is 1. The van der Waals surface area contributed by atoms with Crippen molar-refractivity contribution >= 4 is 11.8 Å². The highest BCUT2D eigenvalue weighted by Gasteiger charge is 2.27. The molecule has 1 aromatic carbocycles. The van der Waals surface area contributed by atoms with Gasteiger partial charge in [-0.05, 0) is 24.1 Å². The molecule has 0 saturated carbocycles. The molecule has 0 fully saturated rings. The predicted molar refractivity (Wildman–Crippen MR) is 65.4 cm³/mol. The molecule has 0 aliphatic carbocycles. The summed E-state index contributed by atoms with van der Waals surface area (Å²) in [5, 5.41) is 0.489. The highest BCUT2D eigenvalue weighted by Crippen LogP contribution is 2.41. The SMILES string of the molecule is COc1ccc(C)c2c1CSC(C)C2N. The second-order valence-electron chi connectivity index (χ2n) is 4.02. The van der Waals surface area contributed by atoms with E-state index in [1.165, 1.54) is 16.7 Å². The molecule has 1 aliphatic heterocycles. The van der Waals surface area contributed by atoms with E-state index in [1.54, 1.807) is 7.11 Å². The van der Waals surface area contributed by atoms with Gasteiger partial charge >= 0.3 is 0 Å². The zero-order valence-electron chi connectivity index (χ0n) is 9.41. The molecular formula is C12H17NOS. The minimum Gasteiger partial charge on any atom is -0.496 e. The van der Waals surface area contributed by atoms with Gasteiger partial charge in [0.2, 0.25) is 0 Å². The molecule has 1 heterocycles. The van der Waals surface area contributed by atoms with Crippen LogP contribution < -0.4 is 10.5 Å². The van der Waals surface area contributed by atoms with Crippen molar-refractivity contribution in [3.8, 4) is 5.75 Å². The molecule has 2 rings (SSSR count). The maximum absolute atomic E-state index is 6.24. The lowest BCUT2D eigenvalue weighted by Gasteiger charge is -2.30. The summed E-state index contributed by atoms with van der Waals surface area (Å²) in [7, 11) is 1.72. The summed E-state index contributed by atoms with van der Waals surface area (Å²) in [4.78, 5) is 0. The van der Waals surface area contributed by atoms with Gasteiger partial charge in [0.1, 0.15) is 5.75 Å². The van der Waals surface area contributed by atoms with Crippen molar-refractivity contribution in [1.29, 1.82) is 0 Å². The molecule has 2 unspecified atom stereocenters. The lowest BCUT2D eigenvalue weighted by atomic mass is 9.93. The zero-order chi connectivity index (χ0) is 11.0. The Morgan fingerprint density at radius 3 is 2.87 bits per heavy atom. The highest BCUT2D eigenvalue weighted by molar-refractivity contribution is 7.99. The maximum atomic E-state index is 6.24. The predicted octanol–water partition coefficient (Wildman–Crippen LogP) is 2.64. The van der Waals surface area contributed by atoms with Gasteiger partial charge in [0.25, 0.3) is 0 Å². The van der Waals surface area contributed by atoms with Crippen LogP contribution in [-0.2, 0) is 5.75 Å². The van der Waals surface area contributed by atoms with Crippen LogP contribution in [-0.4, -0.2) is 12.4 Å². The van der Waals surface area contributed by atoms with Crippen molar-refractivity contribution in [2.45, 2.75) is 30.9 Å². The number of rotatable bonds is 1. The molecule has 82 valence electrons. The maximum Gasteiger partial charge on any atom is 0.123 e. The van der Waals surface area contributed by atoms with Gasteiger partial charge in [-0.2, -0.15) is 11.8 Å². The van der Waals surface area contributed by atoms with Crippen molar-refractivity contribution < 1.29 is 4.74 Å². The smallest absolute Gasteiger partial charge is 0.123 e. The monoisotopic (exact) mass is 223 g/mol. The molecule has 1 aliphatic rings. The average Bonchev–Trinajstić information content (AvgIpc) is 2.24. The lowest BCUT2D eigenvalue weighted by molar-refractivity contribution is 0.409. The normalized spacial score (nSPS) is 24.8. The van der Waals surface area contributed by atoms with E-state index in [0.29, 0.717) is 5.25 Å². The minimum atomic E-state index is 0.133. The molecule has 0 aromatic heterocycles. The fraction of sp³-hybridized carbons (Fsp3) is 0.500. The summed E-state index contributed by atoms with van der Waals surface area (Å²) < 4.78 is 5.38. The third-order valence-corrected chi connectivity index (χ3v) is 4.36. The van der Waals surface area contributed by atoms with E-state index in [1.807, 2.05) is 17.8 Å². The summed E-state index contributed by atoms with van der Waals surface area (Å²) in [6.07, 6.45) is 0. The minimum absolute atomic E-state index is 0.133.